The molecule has 1 aromatic rings. The minimum Gasteiger partial charge on any atom is -0.370 e. The number of aromatic nitrogens is 2. The second kappa shape index (κ2) is 5.96. The molecule has 2 rings (SSSR count). The normalized spacial score (nSPS) is 18.2. The van der Waals surface area contributed by atoms with Gasteiger partial charge < -0.3 is 10.2 Å². The molecule has 0 aromatic carbocycles. The van der Waals surface area contributed by atoms with E-state index in [1.807, 2.05) is 0 Å². The first-order valence-corrected chi connectivity index (χ1v) is 6.51. The Hall–Kier alpha value is -1.16. The van der Waals surface area contributed by atoms with Gasteiger partial charge in [-0.2, -0.15) is 0 Å². The molecule has 1 aliphatic heterocycles. The van der Waals surface area contributed by atoms with E-state index in [1.54, 1.807) is 6.33 Å². The van der Waals surface area contributed by atoms with Gasteiger partial charge in [-0.15, -0.1) is 0 Å². The zero-order valence-electron chi connectivity index (χ0n) is 10.8. The van der Waals surface area contributed by atoms with E-state index in [1.165, 1.54) is 25.9 Å². The summed E-state index contributed by atoms with van der Waals surface area (Å²) in [6, 6.07) is 2.05. The molecule has 4 heteroatoms. The van der Waals surface area contributed by atoms with Crippen LogP contribution in [0.1, 0.15) is 25.5 Å². The van der Waals surface area contributed by atoms with E-state index < -0.39 is 0 Å². The zero-order valence-corrected chi connectivity index (χ0v) is 10.8. The summed E-state index contributed by atoms with van der Waals surface area (Å²) < 4.78 is 0. The Morgan fingerprint density at radius 2 is 2.12 bits per heavy atom. The molecule has 0 radical (unpaired) electrons. The molecule has 17 heavy (non-hydrogen) atoms. The topological polar surface area (TPSA) is 41.0 Å². The minimum absolute atomic E-state index is 0.784. The molecular formula is C13H22N4. The van der Waals surface area contributed by atoms with Gasteiger partial charge >= 0.3 is 0 Å². The average molecular weight is 234 g/mol. The molecule has 0 spiro atoms. The van der Waals surface area contributed by atoms with E-state index in [0.717, 1.165) is 30.4 Å². The Balaban J connectivity index is 1.81. The van der Waals surface area contributed by atoms with Crippen molar-refractivity contribution in [2.75, 3.05) is 32.0 Å². The van der Waals surface area contributed by atoms with Gasteiger partial charge in [0.2, 0.25) is 0 Å². The van der Waals surface area contributed by atoms with Crippen molar-refractivity contribution in [3.05, 3.63) is 18.1 Å². The van der Waals surface area contributed by atoms with Gasteiger partial charge in [-0.05, 0) is 45.3 Å². The van der Waals surface area contributed by atoms with Crippen molar-refractivity contribution in [2.24, 2.45) is 5.92 Å². The predicted octanol–water partition coefficient (Wildman–Crippen LogP) is 1.79. The summed E-state index contributed by atoms with van der Waals surface area (Å²) in [6.07, 6.45) is 5.19. The van der Waals surface area contributed by atoms with E-state index in [4.69, 9.17) is 0 Å². The van der Waals surface area contributed by atoms with Crippen LogP contribution in [0.4, 0.5) is 5.82 Å². The number of hydrogen-bond donors (Lipinski definition) is 1. The lowest BCUT2D eigenvalue weighted by Gasteiger charge is -2.29. The fraction of sp³-hybridized carbons (Fsp3) is 0.692. The first-order valence-electron chi connectivity index (χ1n) is 6.51. The quantitative estimate of drug-likeness (QED) is 0.862. The van der Waals surface area contributed by atoms with Gasteiger partial charge in [0, 0.05) is 18.3 Å². The monoisotopic (exact) mass is 234 g/mol. The number of piperidine rings is 1. The van der Waals surface area contributed by atoms with Crippen LogP contribution in [0.5, 0.6) is 0 Å². The first kappa shape index (κ1) is 12.3. The van der Waals surface area contributed by atoms with Crippen LogP contribution < -0.4 is 5.32 Å². The van der Waals surface area contributed by atoms with E-state index in [0.29, 0.717) is 0 Å². The number of nitrogens with zero attached hydrogens (tertiary/aromatic N) is 3. The van der Waals surface area contributed by atoms with Crippen molar-refractivity contribution in [1.82, 2.24) is 14.9 Å². The number of aryl methyl sites for hydroxylation is 1. The van der Waals surface area contributed by atoms with Crippen LogP contribution in [0.15, 0.2) is 12.4 Å². The molecule has 1 aliphatic rings. The summed E-state index contributed by atoms with van der Waals surface area (Å²) in [5, 5.41) is 3.43. The van der Waals surface area contributed by atoms with Gasteiger partial charge in [0.05, 0.1) is 0 Å². The second-order valence-corrected chi connectivity index (χ2v) is 4.88. The van der Waals surface area contributed by atoms with Crippen molar-refractivity contribution in [3.8, 4) is 0 Å². The van der Waals surface area contributed by atoms with Crippen molar-refractivity contribution in [2.45, 2.75) is 26.2 Å². The maximum absolute atomic E-state index is 4.25. The van der Waals surface area contributed by atoms with Crippen molar-refractivity contribution >= 4 is 5.82 Å². The number of likely N-dealkylation sites (tertiary alicyclic amines) is 1. The first-order chi connectivity index (χ1) is 8.28. The maximum atomic E-state index is 4.25. The molecule has 1 saturated heterocycles. The molecule has 0 amide bonds. The third-order valence-corrected chi connectivity index (χ3v) is 3.50. The van der Waals surface area contributed by atoms with Gasteiger partial charge in [-0.25, -0.2) is 9.97 Å². The Morgan fingerprint density at radius 1 is 1.35 bits per heavy atom. The highest BCUT2D eigenvalue weighted by Crippen LogP contribution is 2.16. The van der Waals surface area contributed by atoms with Crippen LogP contribution in [-0.4, -0.2) is 41.5 Å². The van der Waals surface area contributed by atoms with Gasteiger partial charge in [-0.3, -0.25) is 0 Å². The maximum Gasteiger partial charge on any atom is 0.129 e. The largest absolute Gasteiger partial charge is 0.370 e. The molecule has 1 N–H and O–H groups in total. The molecule has 1 aromatic heterocycles. The second-order valence-electron chi connectivity index (χ2n) is 4.88. The lowest BCUT2D eigenvalue weighted by atomic mass is 9.97. The fourth-order valence-electron chi connectivity index (χ4n) is 2.20. The minimum atomic E-state index is 0.784. The molecule has 0 bridgehead atoms. The number of anilines is 1. The van der Waals surface area contributed by atoms with Crippen molar-refractivity contribution in [3.63, 3.8) is 0 Å². The van der Waals surface area contributed by atoms with Crippen LogP contribution >= 0.6 is 0 Å². The summed E-state index contributed by atoms with van der Waals surface area (Å²) in [6.45, 7) is 5.59. The molecule has 4 nitrogen and oxygen atoms in total. The van der Waals surface area contributed by atoms with Gasteiger partial charge in [0.25, 0.3) is 0 Å². The van der Waals surface area contributed by atoms with E-state index >= 15 is 0 Å². The van der Waals surface area contributed by atoms with Crippen LogP contribution in [0.2, 0.25) is 0 Å². The molecule has 0 aliphatic carbocycles. The summed E-state index contributed by atoms with van der Waals surface area (Å²) in [7, 11) is 2.20. The van der Waals surface area contributed by atoms with Crippen LogP contribution in [0.3, 0.4) is 0 Å². The standard InChI is InChI=1S/C13H22N4/c1-3-12-8-13(16-10-15-12)14-9-11-4-6-17(2)7-5-11/h8,10-11H,3-7,9H2,1-2H3,(H,14,15,16). The average Bonchev–Trinajstić information content (AvgIpc) is 2.38. The van der Waals surface area contributed by atoms with Gasteiger partial charge in [0.1, 0.15) is 12.1 Å². The summed E-state index contributed by atoms with van der Waals surface area (Å²) in [5.41, 5.74) is 1.10. The fourth-order valence-corrected chi connectivity index (χ4v) is 2.20. The van der Waals surface area contributed by atoms with Crippen molar-refractivity contribution in [1.29, 1.82) is 0 Å². The molecule has 0 saturated carbocycles. The van der Waals surface area contributed by atoms with E-state index in [-0.39, 0.29) is 0 Å². The lowest BCUT2D eigenvalue weighted by molar-refractivity contribution is 0.226. The summed E-state index contributed by atoms with van der Waals surface area (Å²) >= 11 is 0. The van der Waals surface area contributed by atoms with E-state index in [9.17, 15) is 0 Å². The number of rotatable bonds is 4. The SMILES string of the molecule is CCc1cc(NCC2CCN(C)CC2)ncn1. The third kappa shape index (κ3) is 3.66. The molecule has 94 valence electrons. The summed E-state index contributed by atoms with van der Waals surface area (Å²) in [5.74, 6) is 1.75. The van der Waals surface area contributed by atoms with Gasteiger partial charge in [-0.1, -0.05) is 6.92 Å². The smallest absolute Gasteiger partial charge is 0.129 e. The third-order valence-electron chi connectivity index (χ3n) is 3.50. The molecule has 2 heterocycles. The Bertz CT molecular complexity index is 345. The van der Waals surface area contributed by atoms with Crippen LogP contribution in [-0.2, 0) is 6.42 Å². The molecule has 1 fully saturated rings. The zero-order chi connectivity index (χ0) is 12.1. The highest BCUT2D eigenvalue weighted by molar-refractivity contribution is 5.34. The molecule has 0 atom stereocenters. The van der Waals surface area contributed by atoms with Crippen LogP contribution in [0, 0.1) is 5.92 Å². The number of nitrogens with one attached hydrogen (secondary N) is 1. The Kier molecular flexibility index (Phi) is 4.31. The number of hydrogen-bond acceptors (Lipinski definition) is 4. The molecular weight excluding hydrogens is 212 g/mol. The predicted molar refractivity (Wildman–Crippen MR) is 70.1 cm³/mol. The Labute approximate surface area is 103 Å². The molecule has 0 unspecified atom stereocenters. The van der Waals surface area contributed by atoms with E-state index in [2.05, 4.69) is 40.2 Å². The lowest BCUT2D eigenvalue weighted by Crippen LogP contribution is -2.33. The van der Waals surface area contributed by atoms with Gasteiger partial charge in [0.15, 0.2) is 0 Å². The van der Waals surface area contributed by atoms with Crippen molar-refractivity contribution < 1.29 is 0 Å². The highest BCUT2D eigenvalue weighted by atomic mass is 15.1. The Morgan fingerprint density at radius 3 is 2.82 bits per heavy atom. The van der Waals surface area contributed by atoms with Crippen LogP contribution in [0.25, 0.3) is 0 Å². The summed E-state index contributed by atoms with van der Waals surface area (Å²) in [4.78, 5) is 10.9. The highest BCUT2D eigenvalue weighted by Gasteiger charge is 2.16.